The fraction of sp³-hybridized carbons (Fsp3) is 0.158. The maximum absolute atomic E-state index is 13.1. The number of non-ortho nitro benzene ring substituents is 1. The van der Waals surface area contributed by atoms with E-state index in [0.29, 0.717) is 5.69 Å². The molecule has 0 bridgehead atoms. The molecule has 0 aliphatic heterocycles. The molecule has 0 saturated carbocycles. The zero-order chi connectivity index (χ0) is 20.4. The van der Waals surface area contributed by atoms with Gasteiger partial charge in [0.25, 0.3) is 11.6 Å². The molecule has 0 aliphatic carbocycles. The number of hydrogen-bond donors (Lipinski definition) is 1. The van der Waals surface area contributed by atoms with E-state index in [0.717, 1.165) is 17.3 Å². The van der Waals surface area contributed by atoms with Crippen molar-refractivity contribution in [3.8, 4) is 5.69 Å². The summed E-state index contributed by atoms with van der Waals surface area (Å²) < 4.78 is 14.8. The Bertz CT molecular complexity index is 1050. The molecular formula is C19H16ClFN4O3. The van der Waals surface area contributed by atoms with Crippen molar-refractivity contribution < 1.29 is 14.1 Å². The van der Waals surface area contributed by atoms with Crippen LogP contribution >= 0.6 is 11.6 Å². The second kappa shape index (κ2) is 7.77. The summed E-state index contributed by atoms with van der Waals surface area (Å²) in [7, 11) is 0. The van der Waals surface area contributed by atoms with E-state index >= 15 is 0 Å². The number of carbonyl (C=O) groups excluding carboxylic acids is 1. The second-order valence-corrected chi connectivity index (χ2v) is 6.60. The number of hydrogen-bond acceptors (Lipinski definition) is 4. The molecule has 0 spiro atoms. The molecule has 1 aromatic heterocycles. The maximum Gasteiger partial charge on any atom is 0.270 e. The van der Waals surface area contributed by atoms with E-state index in [-0.39, 0.29) is 22.1 Å². The summed E-state index contributed by atoms with van der Waals surface area (Å²) in [6.07, 6.45) is 1.63. The highest BCUT2D eigenvalue weighted by molar-refractivity contribution is 6.34. The fourth-order valence-corrected chi connectivity index (χ4v) is 3.10. The molecule has 1 unspecified atom stereocenters. The second-order valence-electron chi connectivity index (χ2n) is 6.19. The highest BCUT2D eigenvalue weighted by Crippen LogP contribution is 2.24. The minimum Gasteiger partial charge on any atom is -0.345 e. The molecule has 1 N–H and O–H groups in total. The van der Waals surface area contributed by atoms with E-state index in [9.17, 15) is 19.3 Å². The van der Waals surface area contributed by atoms with Gasteiger partial charge in [0.2, 0.25) is 0 Å². The summed E-state index contributed by atoms with van der Waals surface area (Å²) in [4.78, 5) is 22.7. The van der Waals surface area contributed by atoms with E-state index in [2.05, 4.69) is 10.4 Å². The van der Waals surface area contributed by atoms with Gasteiger partial charge in [-0.15, -0.1) is 0 Å². The quantitative estimate of drug-likeness (QED) is 0.506. The Morgan fingerprint density at radius 3 is 2.57 bits per heavy atom. The molecule has 1 amide bonds. The molecule has 0 saturated heterocycles. The molecule has 3 aromatic rings. The van der Waals surface area contributed by atoms with Crippen molar-refractivity contribution in [3.05, 3.63) is 86.4 Å². The Morgan fingerprint density at radius 2 is 1.96 bits per heavy atom. The first-order chi connectivity index (χ1) is 13.3. The number of aromatic nitrogens is 2. The first kappa shape index (κ1) is 19.5. The van der Waals surface area contributed by atoms with Crippen LogP contribution in [0, 0.1) is 22.9 Å². The monoisotopic (exact) mass is 402 g/mol. The Hall–Kier alpha value is -3.26. The number of carbonyl (C=O) groups is 1. The van der Waals surface area contributed by atoms with Gasteiger partial charge in [-0.2, -0.15) is 5.10 Å². The van der Waals surface area contributed by atoms with Gasteiger partial charge < -0.3 is 5.32 Å². The summed E-state index contributed by atoms with van der Waals surface area (Å²) in [5, 5.41) is 17.9. The fourth-order valence-electron chi connectivity index (χ4n) is 2.84. The molecule has 0 fully saturated rings. The normalized spacial score (nSPS) is 11.9. The third-order valence-electron chi connectivity index (χ3n) is 4.34. The van der Waals surface area contributed by atoms with E-state index in [1.54, 1.807) is 29.9 Å². The number of amides is 1. The molecule has 9 heteroatoms. The van der Waals surface area contributed by atoms with Gasteiger partial charge in [-0.05, 0) is 44.2 Å². The van der Waals surface area contributed by atoms with Crippen molar-refractivity contribution >= 4 is 23.2 Å². The molecule has 144 valence electrons. The van der Waals surface area contributed by atoms with Crippen LogP contribution in [0.5, 0.6) is 0 Å². The van der Waals surface area contributed by atoms with Gasteiger partial charge in [-0.25, -0.2) is 9.07 Å². The van der Waals surface area contributed by atoms with Crippen molar-refractivity contribution in [1.29, 1.82) is 0 Å². The Balaban J connectivity index is 1.80. The predicted molar refractivity (Wildman–Crippen MR) is 102 cm³/mol. The van der Waals surface area contributed by atoms with Crippen molar-refractivity contribution in [2.24, 2.45) is 0 Å². The lowest BCUT2D eigenvalue weighted by Crippen LogP contribution is -2.27. The van der Waals surface area contributed by atoms with Gasteiger partial charge in [0.1, 0.15) is 5.82 Å². The largest absolute Gasteiger partial charge is 0.345 e. The van der Waals surface area contributed by atoms with Crippen LogP contribution in [0.15, 0.2) is 48.7 Å². The van der Waals surface area contributed by atoms with Crippen LogP contribution in [0.4, 0.5) is 10.1 Å². The average molecular weight is 403 g/mol. The number of nitro groups is 1. The summed E-state index contributed by atoms with van der Waals surface area (Å²) in [5.41, 5.74) is 2.21. The number of halogens is 2. The summed E-state index contributed by atoms with van der Waals surface area (Å²) in [6.45, 7) is 3.63. The maximum atomic E-state index is 13.1. The summed E-state index contributed by atoms with van der Waals surface area (Å²) in [6, 6.07) is 9.20. The standard InChI is InChI=1S/C19H16ClFN4O3/c1-11(23-19(26)16-8-7-15(25(27)28)9-18(16)20)17-10-22-24(12(17)2)14-5-3-13(21)4-6-14/h3-11H,1-2H3,(H,23,26). The highest BCUT2D eigenvalue weighted by atomic mass is 35.5. The number of benzene rings is 2. The van der Waals surface area contributed by atoms with Crippen LogP contribution in [-0.4, -0.2) is 20.6 Å². The van der Waals surface area contributed by atoms with Crippen LogP contribution in [0.3, 0.4) is 0 Å². The van der Waals surface area contributed by atoms with E-state index in [1.165, 1.54) is 24.3 Å². The Morgan fingerprint density at radius 1 is 1.29 bits per heavy atom. The van der Waals surface area contributed by atoms with Crippen LogP contribution in [0.1, 0.15) is 34.6 Å². The molecule has 7 nitrogen and oxygen atoms in total. The zero-order valence-corrected chi connectivity index (χ0v) is 15.8. The van der Waals surface area contributed by atoms with Crippen LogP contribution in [0.2, 0.25) is 5.02 Å². The third kappa shape index (κ3) is 3.86. The van der Waals surface area contributed by atoms with E-state index < -0.39 is 16.9 Å². The molecular weight excluding hydrogens is 387 g/mol. The van der Waals surface area contributed by atoms with Crippen molar-refractivity contribution in [2.45, 2.75) is 19.9 Å². The van der Waals surface area contributed by atoms with Gasteiger partial charge >= 0.3 is 0 Å². The summed E-state index contributed by atoms with van der Waals surface area (Å²) >= 11 is 6.01. The molecule has 28 heavy (non-hydrogen) atoms. The Labute approximate surface area is 164 Å². The van der Waals surface area contributed by atoms with E-state index in [4.69, 9.17) is 11.6 Å². The lowest BCUT2D eigenvalue weighted by molar-refractivity contribution is -0.384. The smallest absolute Gasteiger partial charge is 0.270 e. The van der Waals surface area contributed by atoms with Gasteiger partial charge in [-0.3, -0.25) is 14.9 Å². The lowest BCUT2D eigenvalue weighted by atomic mass is 10.1. The third-order valence-corrected chi connectivity index (χ3v) is 4.65. The number of nitro benzene ring substituents is 1. The van der Waals surface area contributed by atoms with Crippen molar-refractivity contribution in [2.75, 3.05) is 0 Å². The number of nitrogens with zero attached hydrogens (tertiary/aromatic N) is 3. The first-order valence-electron chi connectivity index (χ1n) is 8.33. The average Bonchev–Trinajstić information content (AvgIpc) is 3.03. The summed E-state index contributed by atoms with van der Waals surface area (Å²) in [5.74, 6) is -0.796. The van der Waals surface area contributed by atoms with Gasteiger partial charge in [0.15, 0.2) is 0 Å². The van der Waals surface area contributed by atoms with Gasteiger partial charge in [0.05, 0.1) is 33.4 Å². The number of nitrogens with one attached hydrogen (secondary N) is 1. The van der Waals surface area contributed by atoms with Crippen molar-refractivity contribution in [1.82, 2.24) is 15.1 Å². The van der Waals surface area contributed by atoms with Gasteiger partial charge in [-0.1, -0.05) is 11.6 Å². The Kier molecular flexibility index (Phi) is 5.41. The highest BCUT2D eigenvalue weighted by Gasteiger charge is 2.20. The lowest BCUT2D eigenvalue weighted by Gasteiger charge is -2.15. The molecule has 0 radical (unpaired) electrons. The molecule has 1 heterocycles. The molecule has 0 aliphatic rings. The minimum atomic E-state index is -0.580. The SMILES string of the molecule is Cc1c(C(C)NC(=O)c2ccc([N+](=O)[O-])cc2Cl)cnn1-c1ccc(F)cc1. The zero-order valence-electron chi connectivity index (χ0n) is 15.0. The molecule has 2 aromatic carbocycles. The van der Waals surface area contributed by atoms with Gasteiger partial charge in [0, 0.05) is 23.4 Å². The van der Waals surface area contributed by atoms with Crippen LogP contribution < -0.4 is 5.32 Å². The minimum absolute atomic E-state index is 0.00220. The van der Waals surface area contributed by atoms with E-state index in [1.807, 2.05) is 6.92 Å². The molecule has 3 rings (SSSR count). The topological polar surface area (TPSA) is 90.1 Å². The van der Waals surface area contributed by atoms with Crippen LogP contribution in [0.25, 0.3) is 5.69 Å². The number of rotatable bonds is 5. The van der Waals surface area contributed by atoms with Crippen LogP contribution in [-0.2, 0) is 0 Å². The molecule has 1 atom stereocenters. The predicted octanol–water partition coefficient (Wildman–Crippen LogP) is 4.37. The van der Waals surface area contributed by atoms with Crippen molar-refractivity contribution in [3.63, 3.8) is 0 Å². The first-order valence-corrected chi connectivity index (χ1v) is 8.71.